The molecule has 0 saturated carbocycles. The predicted molar refractivity (Wildman–Crippen MR) is 59.7 cm³/mol. The van der Waals surface area contributed by atoms with Crippen molar-refractivity contribution in [1.29, 1.82) is 0 Å². The van der Waals surface area contributed by atoms with Crippen molar-refractivity contribution in [3.8, 4) is 0 Å². The Morgan fingerprint density at radius 1 is 1.47 bits per heavy atom. The van der Waals surface area contributed by atoms with Crippen LogP contribution >= 0.6 is 0 Å². The summed E-state index contributed by atoms with van der Waals surface area (Å²) in [6.45, 7) is 4.27. The summed E-state index contributed by atoms with van der Waals surface area (Å²) in [6, 6.07) is 0.406. The first-order valence-corrected chi connectivity index (χ1v) is 5.11. The van der Waals surface area contributed by atoms with Crippen molar-refractivity contribution in [2.24, 2.45) is 7.05 Å². The van der Waals surface area contributed by atoms with Gasteiger partial charge in [0.05, 0.1) is 11.6 Å². The summed E-state index contributed by atoms with van der Waals surface area (Å²) in [5, 5.41) is 8.48. The maximum absolute atomic E-state index is 4.23. The Labute approximate surface area is 88.5 Å². The maximum atomic E-state index is 4.23. The molecule has 2 aromatic rings. The van der Waals surface area contributed by atoms with Crippen molar-refractivity contribution in [2.45, 2.75) is 26.3 Å². The predicted octanol–water partition coefficient (Wildman–Crippen LogP) is 1.57. The van der Waals surface area contributed by atoms with Gasteiger partial charge in [-0.3, -0.25) is 4.68 Å². The van der Waals surface area contributed by atoms with Crippen molar-refractivity contribution < 1.29 is 0 Å². The van der Waals surface area contributed by atoms with Gasteiger partial charge in [0.2, 0.25) is 0 Å². The van der Waals surface area contributed by atoms with Crippen molar-refractivity contribution in [3.05, 3.63) is 12.5 Å². The van der Waals surface area contributed by atoms with E-state index < -0.39 is 0 Å². The van der Waals surface area contributed by atoms with Gasteiger partial charge in [0.1, 0.15) is 12.1 Å². The maximum Gasteiger partial charge on any atom is 0.163 e. The molecule has 1 unspecified atom stereocenters. The molecule has 0 saturated heterocycles. The van der Waals surface area contributed by atoms with E-state index in [4.69, 9.17) is 0 Å². The standard InChI is InChI=1S/C10H15N5/c1-4-7(2)14-9-8-5-13-15(3)10(8)12-6-11-9/h5-7H,4H2,1-3H3,(H,11,12,14). The monoisotopic (exact) mass is 205 g/mol. The SMILES string of the molecule is CCC(C)Nc1ncnc2c1cnn2C. The molecular formula is C10H15N5. The summed E-state index contributed by atoms with van der Waals surface area (Å²) in [5.74, 6) is 0.863. The van der Waals surface area contributed by atoms with Crippen LogP contribution in [0.25, 0.3) is 11.0 Å². The number of hydrogen-bond acceptors (Lipinski definition) is 4. The van der Waals surface area contributed by atoms with E-state index in [1.165, 1.54) is 0 Å². The lowest BCUT2D eigenvalue weighted by molar-refractivity contribution is 0.759. The summed E-state index contributed by atoms with van der Waals surface area (Å²) in [7, 11) is 1.88. The molecule has 5 nitrogen and oxygen atoms in total. The summed E-state index contributed by atoms with van der Waals surface area (Å²) < 4.78 is 1.75. The number of aromatic nitrogens is 4. The van der Waals surface area contributed by atoms with Gasteiger partial charge in [-0.1, -0.05) is 6.92 Å². The fourth-order valence-electron chi connectivity index (χ4n) is 1.41. The highest BCUT2D eigenvalue weighted by Gasteiger charge is 2.08. The van der Waals surface area contributed by atoms with Crippen LogP contribution in [-0.4, -0.2) is 25.8 Å². The van der Waals surface area contributed by atoms with E-state index in [0.717, 1.165) is 23.3 Å². The molecule has 0 radical (unpaired) electrons. The summed E-state index contributed by atoms with van der Waals surface area (Å²) in [4.78, 5) is 8.42. The molecular weight excluding hydrogens is 190 g/mol. The number of fused-ring (bicyclic) bond motifs is 1. The van der Waals surface area contributed by atoms with Crippen molar-refractivity contribution in [3.63, 3.8) is 0 Å². The smallest absolute Gasteiger partial charge is 0.163 e. The average Bonchev–Trinajstić information content (AvgIpc) is 2.62. The zero-order chi connectivity index (χ0) is 10.8. The third kappa shape index (κ3) is 1.77. The minimum absolute atomic E-state index is 0.406. The highest BCUT2D eigenvalue weighted by Crippen LogP contribution is 2.18. The van der Waals surface area contributed by atoms with Crippen LogP contribution in [0.4, 0.5) is 5.82 Å². The zero-order valence-corrected chi connectivity index (χ0v) is 9.23. The first kappa shape index (κ1) is 9.89. The Morgan fingerprint density at radius 2 is 2.27 bits per heavy atom. The molecule has 0 bridgehead atoms. The van der Waals surface area contributed by atoms with Gasteiger partial charge in [-0.2, -0.15) is 5.10 Å². The van der Waals surface area contributed by atoms with E-state index in [2.05, 4.69) is 34.2 Å². The van der Waals surface area contributed by atoms with E-state index in [0.29, 0.717) is 6.04 Å². The Kier molecular flexibility index (Phi) is 2.53. The van der Waals surface area contributed by atoms with E-state index in [9.17, 15) is 0 Å². The van der Waals surface area contributed by atoms with Crippen molar-refractivity contribution >= 4 is 16.9 Å². The number of anilines is 1. The topological polar surface area (TPSA) is 55.6 Å². The Balaban J connectivity index is 2.43. The largest absolute Gasteiger partial charge is 0.367 e. The number of aryl methyl sites for hydroxylation is 1. The van der Waals surface area contributed by atoms with Gasteiger partial charge in [-0.15, -0.1) is 0 Å². The van der Waals surface area contributed by atoms with Crippen LogP contribution in [0.1, 0.15) is 20.3 Å². The lowest BCUT2D eigenvalue weighted by atomic mass is 10.2. The molecule has 0 aliphatic heterocycles. The van der Waals surface area contributed by atoms with Crippen LogP contribution in [0.15, 0.2) is 12.5 Å². The number of hydrogen-bond donors (Lipinski definition) is 1. The van der Waals surface area contributed by atoms with Gasteiger partial charge in [-0.25, -0.2) is 9.97 Å². The molecule has 0 fully saturated rings. The molecule has 2 rings (SSSR count). The molecule has 1 atom stereocenters. The quantitative estimate of drug-likeness (QED) is 0.826. The highest BCUT2D eigenvalue weighted by molar-refractivity contribution is 5.86. The van der Waals surface area contributed by atoms with Gasteiger partial charge in [0, 0.05) is 13.1 Å². The second kappa shape index (κ2) is 3.84. The number of nitrogens with zero attached hydrogens (tertiary/aromatic N) is 4. The molecule has 0 amide bonds. The molecule has 2 aromatic heterocycles. The van der Waals surface area contributed by atoms with E-state index >= 15 is 0 Å². The lowest BCUT2D eigenvalue weighted by Crippen LogP contribution is -2.14. The minimum Gasteiger partial charge on any atom is -0.367 e. The third-order valence-electron chi connectivity index (χ3n) is 2.52. The fourth-order valence-corrected chi connectivity index (χ4v) is 1.41. The van der Waals surface area contributed by atoms with Crippen LogP contribution in [0.5, 0.6) is 0 Å². The zero-order valence-electron chi connectivity index (χ0n) is 9.23. The van der Waals surface area contributed by atoms with Gasteiger partial charge in [0.25, 0.3) is 0 Å². The van der Waals surface area contributed by atoms with E-state index in [1.54, 1.807) is 17.2 Å². The lowest BCUT2D eigenvalue weighted by Gasteiger charge is -2.11. The normalized spacial score (nSPS) is 13.0. The third-order valence-corrected chi connectivity index (χ3v) is 2.52. The van der Waals surface area contributed by atoms with Crippen molar-refractivity contribution in [1.82, 2.24) is 19.7 Å². The summed E-state index contributed by atoms with van der Waals surface area (Å²) in [5.41, 5.74) is 0.857. The highest BCUT2D eigenvalue weighted by atomic mass is 15.3. The molecule has 15 heavy (non-hydrogen) atoms. The molecule has 0 spiro atoms. The van der Waals surface area contributed by atoms with E-state index in [-0.39, 0.29) is 0 Å². The van der Waals surface area contributed by atoms with E-state index in [1.807, 2.05) is 7.05 Å². The van der Waals surface area contributed by atoms with Crippen LogP contribution in [0, 0.1) is 0 Å². The summed E-state index contributed by atoms with van der Waals surface area (Å²) >= 11 is 0. The molecule has 0 aliphatic carbocycles. The van der Waals surface area contributed by atoms with Gasteiger partial charge in [-0.05, 0) is 13.3 Å². The molecule has 0 aromatic carbocycles. The minimum atomic E-state index is 0.406. The van der Waals surface area contributed by atoms with Crippen LogP contribution < -0.4 is 5.32 Å². The number of nitrogens with one attached hydrogen (secondary N) is 1. The molecule has 80 valence electrons. The average molecular weight is 205 g/mol. The molecule has 5 heteroatoms. The van der Waals surface area contributed by atoms with Gasteiger partial charge >= 0.3 is 0 Å². The summed E-state index contributed by atoms with van der Waals surface area (Å²) in [6.07, 6.45) is 4.42. The van der Waals surface area contributed by atoms with Gasteiger partial charge in [0.15, 0.2) is 5.65 Å². The fraction of sp³-hybridized carbons (Fsp3) is 0.500. The molecule has 1 N–H and O–H groups in total. The molecule has 2 heterocycles. The second-order valence-corrected chi connectivity index (χ2v) is 3.68. The first-order valence-electron chi connectivity index (χ1n) is 5.11. The van der Waals surface area contributed by atoms with Crippen LogP contribution in [-0.2, 0) is 7.05 Å². The van der Waals surface area contributed by atoms with Gasteiger partial charge < -0.3 is 5.32 Å². The van der Waals surface area contributed by atoms with Crippen molar-refractivity contribution in [2.75, 3.05) is 5.32 Å². The number of rotatable bonds is 3. The second-order valence-electron chi connectivity index (χ2n) is 3.68. The van der Waals surface area contributed by atoms with Crippen LogP contribution in [0.2, 0.25) is 0 Å². The Bertz CT molecular complexity index is 462. The first-order chi connectivity index (χ1) is 7.22. The Morgan fingerprint density at radius 3 is 3.00 bits per heavy atom. The Hall–Kier alpha value is -1.65. The van der Waals surface area contributed by atoms with Crippen LogP contribution in [0.3, 0.4) is 0 Å². The molecule has 0 aliphatic rings.